The standard InChI is InChI=1S/C8H10F2N2O/c1-4-5(7(9)10)3-6(13-2)8(11)12-4/h3,7H,1-2H3,(H2,11,12). The molecule has 1 aromatic rings. The van der Waals surface area contributed by atoms with Gasteiger partial charge in [0.1, 0.15) is 0 Å². The lowest BCUT2D eigenvalue weighted by molar-refractivity contribution is 0.149. The molecule has 0 bridgehead atoms. The second-order valence-electron chi connectivity index (χ2n) is 2.55. The van der Waals surface area contributed by atoms with Gasteiger partial charge in [0.15, 0.2) is 11.6 Å². The van der Waals surface area contributed by atoms with Gasteiger partial charge in [-0.25, -0.2) is 13.8 Å². The minimum atomic E-state index is -2.55. The number of aromatic nitrogens is 1. The number of alkyl halides is 2. The third kappa shape index (κ3) is 1.85. The van der Waals surface area contributed by atoms with Crippen molar-refractivity contribution in [2.75, 3.05) is 12.8 Å². The smallest absolute Gasteiger partial charge is 0.265 e. The monoisotopic (exact) mass is 188 g/mol. The van der Waals surface area contributed by atoms with Crippen LogP contribution in [0.4, 0.5) is 14.6 Å². The average molecular weight is 188 g/mol. The quantitative estimate of drug-likeness (QED) is 0.771. The zero-order valence-corrected chi connectivity index (χ0v) is 7.34. The molecule has 0 saturated heterocycles. The molecule has 2 N–H and O–H groups in total. The molecule has 0 aliphatic carbocycles. The zero-order valence-electron chi connectivity index (χ0n) is 7.34. The second kappa shape index (κ2) is 3.55. The SMILES string of the molecule is COc1cc(C(F)F)c(C)nc1N. The fourth-order valence-electron chi connectivity index (χ4n) is 1.00. The largest absolute Gasteiger partial charge is 0.493 e. The fourth-order valence-corrected chi connectivity index (χ4v) is 1.00. The summed E-state index contributed by atoms with van der Waals surface area (Å²) < 4.78 is 29.4. The third-order valence-electron chi connectivity index (χ3n) is 1.70. The van der Waals surface area contributed by atoms with Crippen molar-refractivity contribution < 1.29 is 13.5 Å². The Hall–Kier alpha value is -1.39. The summed E-state index contributed by atoms with van der Waals surface area (Å²) in [6.07, 6.45) is -2.55. The number of aryl methyl sites for hydroxylation is 1. The van der Waals surface area contributed by atoms with Crippen LogP contribution in [0.5, 0.6) is 5.75 Å². The lowest BCUT2D eigenvalue weighted by Crippen LogP contribution is -2.01. The molecule has 1 aromatic heterocycles. The van der Waals surface area contributed by atoms with Crippen molar-refractivity contribution in [2.24, 2.45) is 0 Å². The van der Waals surface area contributed by atoms with E-state index in [1.807, 2.05) is 0 Å². The van der Waals surface area contributed by atoms with E-state index >= 15 is 0 Å². The summed E-state index contributed by atoms with van der Waals surface area (Å²) in [5, 5.41) is 0. The van der Waals surface area contributed by atoms with Crippen molar-refractivity contribution in [1.82, 2.24) is 4.98 Å². The number of nitrogens with zero attached hydrogens (tertiary/aromatic N) is 1. The van der Waals surface area contributed by atoms with Crippen molar-refractivity contribution in [1.29, 1.82) is 0 Å². The van der Waals surface area contributed by atoms with Gasteiger partial charge in [-0.2, -0.15) is 0 Å². The highest BCUT2D eigenvalue weighted by molar-refractivity contribution is 5.49. The van der Waals surface area contributed by atoms with Crippen LogP contribution in [0.3, 0.4) is 0 Å². The molecule has 0 radical (unpaired) electrons. The van der Waals surface area contributed by atoms with Crippen LogP contribution in [0.2, 0.25) is 0 Å². The van der Waals surface area contributed by atoms with Crippen LogP contribution in [-0.4, -0.2) is 12.1 Å². The Morgan fingerprint density at radius 1 is 1.54 bits per heavy atom. The van der Waals surface area contributed by atoms with Crippen LogP contribution >= 0.6 is 0 Å². The number of pyridine rings is 1. The van der Waals surface area contributed by atoms with Gasteiger partial charge >= 0.3 is 0 Å². The summed E-state index contributed by atoms with van der Waals surface area (Å²) in [5.74, 6) is 0.310. The van der Waals surface area contributed by atoms with E-state index in [1.165, 1.54) is 20.1 Å². The third-order valence-corrected chi connectivity index (χ3v) is 1.70. The minimum absolute atomic E-state index is 0.129. The number of halogens is 2. The minimum Gasteiger partial charge on any atom is -0.493 e. The maximum Gasteiger partial charge on any atom is 0.265 e. The number of rotatable bonds is 2. The van der Waals surface area contributed by atoms with E-state index in [0.29, 0.717) is 0 Å². The molecule has 0 spiro atoms. The molecule has 1 heterocycles. The van der Waals surface area contributed by atoms with Crippen molar-refractivity contribution in [3.63, 3.8) is 0 Å². The Bertz CT molecular complexity index is 315. The molecule has 5 heteroatoms. The Kier molecular flexibility index (Phi) is 2.65. The molecule has 72 valence electrons. The zero-order chi connectivity index (χ0) is 10.0. The normalized spacial score (nSPS) is 10.5. The van der Waals surface area contributed by atoms with Crippen LogP contribution in [0.25, 0.3) is 0 Å². The first-order valence-corrected chi connectivity index (χ1v) is 3.65. The predicted octanol–water partition coefficient (Wildman–Crippen LogP) is 1.92. The first-order chi connectivity index (χ1) is 6.06. The molecule has 3 nitrogen and oxygen atoms in total. The molecule has 0 aromatic carbocycles. The van der Waals surface area contributed by atoms with Crippen LogP contribution in [0, 0.1) is 6.92 Å². The van der Waals surface area contributed by atoms with E-state index < -0.39 is 6.43 Å². The summed E-state index contributed by atoms with van der Waals surface area (Å²) >= 11 is 0. The molecular weight excluding hydrogens is 178 g/mol. The molecule has 0 unspecified atom stereocenters. The maximum atomic E-state index is 12.3. The van der Waals surface area contributed by atoms with Crippen LogP contribution in [-0.2, 0) is 0 Å². The summed E-state index contributed by atoms with van der Waals surface area (Å²) in [5.41, 5.74) is 5.50. The molecule has 0 aliphatic rings. The van der Waals surface area contributed by atoms with Gasteiger partial charge in [-0.1, -0.05) is 0 Å². The topological polar surface area (TPSA) is 48.1 Å². The van der Waals surface area contributed by atoms with Crippen LogP contribution in [0.1, 0.15) is 17.7 Å². The maximum absolute atomic E-state index is 12.3. The summed E-state index contributed by atoms with van der Waals surface area (Å²) in [6.45, 7) is 1.48. The lowest BCUT2D eigenvalue weighted by atomic mass is 10.2. The number of hydrogen-bond donors (Lipinski definition) is 1. The van der Waals surface area contributed by atoms with Gasteiger partial charge in [-0.3, -0.25) is 0 Å². The van der Waals surface area contributed by atoms with E-state index in [2.05, 4.69) is 4.98 Å². The highest BCUT2D eigenvalue weighted by Gasteiger charge is 2.14. The van der Waals surface area contributed by atoms with Gasteiger partial charge in [0, 0.05) is 11.3 Å². The van der Waals surface area contributed by atoms with Gasteiger partial charge in [-0.15, -0.1) is 0 Å². The lowest BCUT2D eigenvalue weighted by Gasteiger charge is -2.08. The van der Waals surface area contributed by atoms with Gasteiger partial charge < -0.3 is 10.5 Å². The Labute approximate surface area is 74.5 Å². The Morgan fingerprint density at radius 3 is 2.62 bits per heavy atom. The molecule has 0 atom stereocenters. The number of ether oxygens (including phenoxy) is 1. The van der Waals surface area contributed by atoms with Gasteiger partial charge in [0.05, 0.1) is 7.11 Å². The van der Waals surface area contributed by atoms with Crippen LogP contribution in [0.15, 0.2) is 6.07 Å². The number of nitrogens with two attached hydrogens (primary N) is 1. The molecule has 13 heavy (non-hydrogen) atoms. The molecule has 0 fully saturated rings. The number of methoxy groups -OCH3 is 1. The molecule has 0 aliphatic heterocycles. The highest BCUT2D eigenvalue weighted by atomic mass is 19.3. The summed E-state index contributed by atoms with van der Waals surface area (Å²) in [6, 6.07) is 1.21. The van der Waals surface area contributed by atoms with Gasteiger partial charge in [-0.05, 0) is 13.0 Å². The van der Waals surface area contributed by atoms with Crippen molar-refractivity contribution in [3.8, 4) is 5.75 Å². The first kappa shape index (κ1) is 9.70. The number of nitrogen functional groups attached to an aromatic ring is 1. The van der Waals surface area contributed by atoms with E-state index in [-0.39, 0.29) is 22.8 Å². The van der Waals surface area contributed by atoms with E-state index in [4.69, 9.17) is 10.5 Å². The van der Waals surface area contributed by atoms with E-state index in [0.717, 1.165) is 0 Å². The average Bonchev–Trinajstić information content (AvgIpc) is 2.03. The van der Waals surface area contributed by atoms with E-state index in [1.54, 1.807) is 0 Å². The van der Waals surface area contributed by atoms with Crippen LogP contribution < -0.4 is 10.5 Å². The summed E-state index contributed by atoms with van der Waals surface area (Å²) in [7, 11) is 1.36. The molecule has 0 saturated carbocycles. The van der Waals surface area contributed by atoms with Crippen molar-refractivity contribution in [2.45, 2.75) is 13.3 Å². The molecule has 1 rings (SSSR count). The Balaban J connectivity index is 3.22. The highest BCUT2D eigenvalue weighted by Crippen LogP contribution is 2.28. The summed E-state index contributed by atoms with van der Waals surface area (Å²) in [4.78, 5) is 3.74. The van der Waals surface area contributed by atoms with E-state index in [9.17, 15) is 8.78 Å². The van der Waals surface area contributed by atoms with Crippen molar-refractivity contribution in [3.05, 3.63) is 17.3 Å². The Morgan fingerprint density at radius 2 is 2.15 bits per heavy atom. The fraction of sp³-hybridized carbons (Fsp3) is 0.375. The predicted molar refractivity (Wildman–Crippen MR) is 44.9 cm³/mol. The first-order valence-electron chi connectivity index (χ1n) is 3.65. The van der Waals surface area contributed by atoms with Crippen molar-refractivity contribution >= 4 is 5.82 Å². The number of anilines is 1. The second-order valence-corrected chi connectivity index (χ2v) is 2.55. The molecular formula is C8H10F2N2O. The molecule has 0 amide bonds. The van der Waals surface area contributed by atoms with Gasteiger partial charge in [0.2, 0.25) is 0 Å². The number of hydrogen-bond acceptors (Lipinski definition) is 3. The van der Waals surface area contributed by atoms with Gasteiger partial charge in [0.25, 0.3) is 6.43 Å².